The number of likely N-dealkylation sites (tertiary alicyclic amines) is 1. The topological polar surface area (TPSA) is 87.1 Å². The number of carbonyl (C=O) groups is 2. The fourth-order valence-corrected chi connectivity index (χ4v) is 8.09. The van der Waals surface area contributed by atoms with Crippen LogP contribution in [-0.2, 0) is 20.8 Å². The largest absolute Gasteiger partial charge is 0.507 e. The second-order valence-corrected chi connectivity index (χ2v) is 13.1. The molecule has 3 aliphatic rings. The smallest absolute Gasteiger partial charge is 0.455 e. The SMILES string of the molecule is CCC1=C2[C@@H](CC/C(=C/c3cc(C)c(O)c(C)c3)c3ccccc3)OB(O)C[C@@H]2[C@@H]2C(=O)N(Cc3cccs3)C(=O)[C@@H]2C1. The van der Waals surface area contributed by atoms with Crippen LogP contribution >= 0.6 is 11.3 Å². The van der Waals surface area contributed by atoms with Gasteiger partial charge < -0.3 is 14.8 Å². The number of hydrogen-bond acceptors (Lipinski definition) is 6. The lowest BCUT2D eigenvalue weighted by molar-refractivity contribution is -0.140. The Morgan fingerprint density at radius 2 is 1.81 bits per heavy atom. The molecule has 3 heterocycles. The number of carbonyl (C=O) groups excluding carboxylic acids is 2. The van der Waals surface area contributed by atoms with Gasteiger partial charge in [0.15, 0.2) is 0 Å². The first-order chi connectivity index (χ1) is 20.7. The van der Waals surface area contributed by atoms with E-state index in [4.69, 9.17) is 4.65 Å². The molecule has 0 unspecified atom stereocenters. The van der Waals surface area contributed by atoms with Gasteiger partial charge in [0.25, 0.3) is 0 Å². The van der Waals surface area contributed by atoms with Crippen LogP contribution in [0.2, 0.25) is 6.32 Å². The van der Waals surface area contributed by atoms with Crippen molar-refractivity contribution in [2.75, 3.05) is 0 Å². The molecule has 6 nitrogen and oxygen atoms in total. The predicted octanol–water partition coefficient (Wildman–Crippen LogP) is 6.80. The first-order valence-corrected chi connectivity index (χ1v) is 16.1. The minimum Gasteiger partial charge on any atom is -0.507 e. The lowest BCUT2D eigenvalue weighted by Crippen LogP contribution is -2.46. The van der Waals surface area contributed by atoms with E-state index in [1.54, 1.807) is 11.3 Å². The summed E-state index contributed by atoms with van der Waals surface area (Å²) >= 11 is 1.55. The fraction of sp³-hybridized carbons (Fsp3) is 0.371. The number of imide groups is 1. The zero-order valence-corrected chi connectivity index (χ0v) is 25.8. The summed E-state index contributed by atoms with van der Waals surface area (Å²) in [6.45, 7) is 6.24. The maximum absolute atomic E-state index is 13.8. The summed E-state index contributed by atoms with van der Waals surface area (Å²) in [6.07, 6.45) is 4.84. The maximum atomic E-state index is 13.8. The number of hydrogen-bond donors (Lipinski definition) is 2. The molecule has 2 fully saturated rings. The highest BCUT2D eigenvalue weighted by molar-refractivity contribution is 7.09. The Morgan fingerprint density at radius 1 is 1.07 bits per heavy atom. The molecule has 8 heteroatoms. The number of phenolic OH excluding ortho intramolecular Hbond substituents is 1. The standard InChI is InChI=1S/C35H38BNO5S/c1-4-24-18-28-32(35(40)37(34(28)39)20-27-11-8-14-43-27)29-19-36(41)42-30(31(24)29)13-12-26(25-9-6-5-7-10-25)17-23-15-21(2)33(38)22(3)16-23/h5-11,14-17,28-30,32,38,41H,4,12-13,18-20H2,1-3H3/b26-17-/t28-,29+,30-,32-/m1/s1. The number of aryl methyl sites for hydroxylation is 2. The number of aromatic hydroxyl groups is 1. The van der Waals surface area contributed by atoms with Crippen LogP contribution in [-0.4, -0.2) is 40.1 Å². The Labute approximate surface area is 257 Å². The third-order valence-electron chi connectivity index (χ3n) is 9.39. The molecule has 1 aliphatic carbocycles. The van der Waals surface area contributed by atoms with E-state index in [0.29, 0.717) is 37.9 Å². The van der Waals surface area contributed by atoms with E-state index in [2.05, 4.69) is 25.1 Å². The predicted molar refractivity (Wildman–Crippen MR) is 171 cm³/mol. The van der Waals surface area contributed by atoms with Crippen molar-refractivity contribution in [1.29, 1.82) is 0 Å². The molecule has 3 aromatic rings. The van der Waals surface area contributed by atoms with E-state index in [-0.39, 0.29) is 29.8 Å². The quantitative estimate of drug-likeness (QED) is 0.130. The van der Waals surface area contributed by atoms with Gasteiger partial charge in [-0.3, -0.25) is 14.5 Å². The highest BCUT2D eigenvalue weighted by Crippen LogP contribution is 2.51. The molecule has 6 rings (SSSR count). The molecule has 0 saturated carbocycles. The summed E-state index contributed by atoms with van der Waals surface area (Å²) in [5.74, 6) is -0.915. The molecule has 2 saturated heterocycles. The number of amides is 2. The summed E-state index contributed by atoms with van der Waals surface area (Å²) in [7, 11) is -0.989. The highest BCUT2D eigenvalue weighted by atomic mass is 32.1. The van der Waals surface area contributed by atoms with E-state index >= 15 is 0 Å². The van der Waals surface area contributed by atoms with E-state index in [1.165, 1.54) is 10.5 Å². The summed E-state index contributed by atoms with van der Waals surface area (Å²) in [5.41, 5.74) is 7.23. The van der Waals surface area contributed by atoms with Crippen LogP contribution in [0, 0.1) is 31.6 Å². The Kier molecular flexibility index (Phi) is 8.45. The summed E-state index contributed by atoms with van der Waals surface area (Å²) in [5, 5.41) is 23.2. The monoisotopic (exact) mass is 595 g/mol. The zero-order valence-electron chi connectivity index (χ0n) is 25.0. The van der Waals surface area contributed by atoms with Crippen molar-refractivity contribution < 1.29 is 24.4 Å². The van der Waals surface area contributed by atoms with Gasteiger partial charge in [0.1, 0.15) is 5.75 Å². The molecule has 2 aromatic carbocycles. The van der Waals surface area contributed by atoms with Crippen LogP contribution in [0.5, 0.6) is 5.75 Å². The number of rotatable bonds is 8. The van der Waals surface area contributed by atoms with Gasteiger partial charge >= 0.3 is 7.12 Å². The minimum absolute atomic E-state index is 0.0836. The average Bonchev–Trinajstić information content (AvgIpc) is 3.60. The van der Waals surface area contributed by atoms with Crippen LogP contribution in [0.4, 0.5) is 0 Å². The summed E-state index contributed by atoms with van der Waals surface area (Å²) in [4.78, 5) is 29.8. The van der Waals surface area contributed by atoms with Gasteiger partial charge in [0.05, 0.1) is 24.5 Å². The molecule has 0 spiro atoms. The number of benzene rings is 2. The normalized spacial score (nSPS) is 24.0. The lowest BCUT2D eigenvalue weighted by atomic mass is 9.58. The molecule has 1 aromatic heterocycles. The van der Waals surface area contributed by atoms with Gasteiger partial charge in [-0.05, 0) is 109 Å². The van der Waals surface area contributed by atoms with Crippen molar-refractivity contribution in [3.05, 3.63) is 98.3 Å². The fourth-order valence-electron chi connectivity index (χ4n) is 7.39. The van der Waals surface area contributed by atoms with Crippen molar-refractivity contribution >= 4 is 41.9 Å². The van der Waals surface area contributed by atoms with E-state index in [9.17, 15) is 19.7 Å². The Morgan fingerprint density at radius 3 is 2.49 bits per heavy atom. The number of phenols is 1. The Bertz CT molecular complexity index is 1560. The van der Waals surface area contributed by atoms with Crippen molar-refractivity contribution in [2.24, 2.45) is 17.8 Å². The van der Waals surface area contributed by atoms with Gasteiger partial charge in [0, 0.05) is 4.88 Å². The molecular weight excluding hydrogens is 557 g/mol. The van der Waals surface area contributed by atoms with Crippen molar-refractivity contribution in [3.63, 3.8) is 0 Å². The van der Waals surface area contributed by atoms with Crippen molar-refractivity contribution in [1.82, 2.24) is 4.90 Å². The zero-order chi connectivity index (χ0) is 30.2. The van der Waals surface area contributed by atoms with Crippen LogP contribution in [0.25, 0.3) is 11.6 Å². The average molecular weight is 596 g/mol. The Balaban J connectivity index is 1.30. The summed E-state index contributed by atoms with van der Waals surface area (Å²) in [6, 6.07) is 18.1. The second kappa shape index (κ2) is 12.3. The molecule has 0 bridgehead atoms. The van der Waals surface area contributed by atoms with E-state index in [0.717, 1.165) is 44.7 Å². The maximum Gasteiger partial charge on any atom is 0.455 e. The first kappa shape index (κ1) is 29.6. The molecule has 4 atom stereocenters. The third-order valence-corrected chi connectivity index (χ3v) is 10.3. The Hall–Kier alpha value is -3.46. The molecule has 2 aliphatic heterocycles. The molecule has 2 N–H and O–H groups in total. The van der Waals surface area contributed by atoms with Crippen LogP contribution in [0.3, 0.4) is 0 Å². The van der Waals surface area contributed by atoms with Gasteiger partial charge in [-0.2, -0.15) is 0 Å². The molecular formula is C35H38BNO5S. The number of fused-ring (bicyclic) bond motifs is 3. The third kappa shape index (κ3) is 5.76. The molecule has 0 radical (unpaired) electrons. The van der Waals surface area contributed by atoms with Gasteiger partial charge in [0.2, 0.25) is 11.8 Å². The van der Waals surface area contributed by atoms with Gasteiger partial charge in [-0.15, -0.1) is 11.3 Å². The van der Waals surface area contributed by atoms with Crippen LogP contribution in [0.15, 0.2) is 71.1 Å². The molecule has 2 amide bonds. The van der Waals surface area contributed by atoms with Crippen molar-refractivity contribution in [2.45, 2.75) is 65.4 Å². The number of nitrogens with zero attached hydrogens (tertiary/aromatic N) is 1. The van der Waals surface area contributed by atoms with Gasteiger partial charge in [-0.25, -0.2) is 0 Å². The summed E-state index contributed by atoms with van der Waals surface area (Å²) < 4.78 is 6.23. The van der Waals surface area contributed by atoms with Crippen LogP contribution < -0.4 is 0 Å². The second-order valence-electron chi connectivity index (χ2n) is 12.1. The highest BCUT2D eigenvalue weighted by Gasteiger charge is 2.57. The lowest BCUT2D eigenvalue weighted by Gasteiger charge is -2.43. The number of allylic oxidation sites excluding steroid dienone is 2. The minimum atomic E-state index is -0.989. The first-order valence-electron chi connectivity index (χ1n) is 15.2. The number of thiophene rings is 1. The van der Waals surface area contributed by atoms with Crippen molar-refractivity contribution in [3.8, 4) is 5.75 Å². The molecule has 222 valence electrons. The van der Waals surface area contributed by atoms with Crippen LogP contribution in [0.1, 0.15) is 59.7 Å². The van der Waals surface area contributed by atoms with E-state index < -0.39 is 13.0 Å². The van der Waals surface area contributed by atoms with E-state index in [1.807, 2.05) is 61.7 Å². The van der Waals surface area contributed by atoms with Gasteiger partial charge in [-0.1, -0.05) is 55.0 Å². The molecule has 43 heavy (non-hydrogen) atoms.